The molecule has 3 aliphatic heterocycles. The fourth-order valence-electron chi connectivity index (χ4n) is 5.49. The Hall–Kier alpha value is -2.76. The molecule has 2 aromatic rings. The summed E-state index contributed by atoms with van der Waals surface area (Å²) in [6, 6.07) is 7.90. The lowest BCUT2D eigenvalue weighted by molar-refractivity contribution is -0.133. The zero-order valence-corrected chi connectivity index (χ0v) is 25.5. The highest BCUT2D eigenvalue weighted by Crippen LogP contribution is 2.33. The Morgan fingerprint density at radius 3 is 2.59 bits per heavy atom. The highest BCUT2D eigenvalue weighted by Gasteiger charge is 2.28. The van der Waals surface area contributed by atoms with E-state index in [2.05, 4.69) is 34.7 Å². The minimum Gasteiger partial charge on any atom is -0.454 e. The molecule has 0 saturated carbocycles. The van der Waals surface area contributed by atoms with Crippen molar-refractivity contribution < 1.29 is 19.1 Å². The number of hydrogen-bond acceptors (Lipinski definition) is 9. The van der Waals surface area contributed by atoms with Crippen LogP contribution in [0.5, 0.6) is 11.5 Å². The van der Waals surface area contributed by atoms with Gasteiger partial charge in [0.2, 0.25) is 18.6 Å². The van der Waals surface area contributed by atoms with Crippen LogP contribution in [0.15, 0.2) is 29.4 Å². The van der Waals surface area contributed by atoms with E-state index in [1.807, 2.05) is 21.9 Å². The van der Waals surface area contributed by atoms with Gasteiger partial charge in [-0.2, -0.15) is 0 Å². The van der Waals surface area contributed by atoms with E-state index in [1.165, 1.54) is 17.3 Å². The van der Waals surface area contributed by atoms with Crippen molar-refractivity contribution in [1.29, 1.82) is 0 Å². The molecule has 12 heteroatoms. The summed E-state index contributed by atoms with van der Waals surface area (Å²) >= 11 is 7.68. The molecular weight excluding hydrogens is 564 g/mol. The Balaban J connectivity index is 1.08. The molecular formula is C29H39ClN6O4S. The van der Waals surface area contributed by atoms with Crippen LogP contribution in [-0.4, -0.2) is 101 Å². The van der Waals surface area contributed by atoms with E-state index in [4.69, 9.17) is 26.1 Å². The molecule has 1 atom stereocenters. The van der Waals surface area contributed by atoms with Crippen molar-refractivity contribution in [3.63, 3.8) is 0 Å². The van der Waals surface area contributed by atoms with E-state index in [1.54, 1.807) is 6.07 Å². The van der Waals surface area contributed by atoms with Crippen LogP contribution in [0.2, 0.25) is 5.15 Å². The van der Waals surface area contributed by atoms with Gasteiger partial charge in [-0.3, -0.25) is 14.5 Å². The number of carbonyl (C=O) groups excluding carboxylic acids is 2. The number of anilines is 1. The third-order valence-corrected chi connectivity index (χ3v) is 8.85. The molecule has 41 heavy (non-hydrogen) atoms. The molecule has 10 nitrogen and oxygen atoms in total. The standard InChI is InChI=1S/C29H39ClN6O4S/c1-3-4-5-6-27(37)36-14-13-35(17-21(36)2)26-16-25(30)31-29(32-26)41-19-28(38)34-11-9-33(10-12-34)18-22-7-8-23-24(15-22)40-20-39-23/h7-8,15-16,21H,3-6,9-14,17-20H2,1-2H3. The molecule has 0 radical (unpaired) electrons. The van der Waals surface area contributed by atoms with Gasteiger partial charge >= 0.3 is 0 Å². The highest BCUT2D eigenvalue weighted by molar-refractivity contribution is 7.99. The van der Waals surface area contributed by atoms with Gasteiger partial charge in [0.05, 0.1) is 5.75 Å². The van der Waals surface area contributed by atoms with Crippen molar-refractivity contribution in [3.8, 4) is 11.5 Å². The molecule has 1 aromatic heterocycles. The first-order chi connectivity index (χ1) is 19.9. The number of amides is 2. The number of fused-ring (bicyclic) bond motifs is 1. The molecule has 222 valence electrons. The second kappa shape index (κ2) is 13.9. The van der Waals surface area contributed by atoms with E-state index in [0.717, 1.165) is 56.2 Å². The Morgan fingerprint density at radius 1 is 1.00 bits per heavy atom. The van der Waals surface area contributed by atoms with Gasteiger partial charge in [-0.05, 0) is 31.0 Å². The summed E-state index contributed by atoms with van der Waals surface area (Å²) in [6.45, 7) is 10.3. The first-order valence-electron chi connectivity index (χ1n) is 14.5. The van der Waals surface area contributed by atoms with Gasteiger partial charge in [0.15, 0.2) is 16.7 Å². The maximum absolute atomic E-state index is 13.0. The average molecular weight is 603 g/mol. The Bertz CT molecular complexity index is 1230. The van der Waals surface area contributed by atoms with E-state index in [0.29, 0.717) is 49.5 Å². The summed E-state index contributed by atoms with van der Waals surface area (Å²) in [4.78, 5) is 43.1. The normalized spacial score (nSPS) is 19.1. The van der Waals surface area contributed by atoms with E-state index >= 15 is 0 Å². The van der Waals surface area contributed by atoms with Crippen LogP contribution in [0.1, 0.15) is 45.1 Å². The van der Waals surface area contributed by atoms with Gasteiger partial charge in [0.1, 0.15) is 11.0 Å². The van der Waals surface area contributed by atoms with Gasteiger partial charge in [0.25, 0.3) is 0 Å². The monoisotopic (exact) mass is 602 g/mol. The maximum atomic E-state index is 13.0. The smallest absolute Gasteiger partial charge is 0.233 e. The van der Waals surface area contributed by atoms with Crippen LogP contribution >= 0.6 is 23.4 Å². The summed E-state index contributed by atoms with van der Waals surface area (Å²) in [5.74, 6) is 2.89. The Labute approximate surface area is 251 Å². The molecule has 1 aromatic carbocycles. The molecule has 2 saturated heterocycles. The number of carbonyl (C=O) groups is 2. The largest absolute Gasteiger partial charge is 0.454 e. The first kappa shape index (κ1) is 29.7. The van der Waals surface area contributed by atoms with Crippen molar-refractivity contribution in [2.45, 2.75) is 57.3 Å². The second-order valence-electron chi connectivity index (χ2n) is 10.8. The van der Waals surface area contributed by atoms with Gasteiger partial charge in [-0.1, -0.05) is 49.2 Å². The molecule has 2 fully saturated rings. The topological polar surface area (TPSA) is 91.3 Å². The number of ether oxygens (including phenoxy) is 2. The fourth-order valence-corrected chi connectivity index (χ4v) is 6.47. The molecule has 3 aliphatic rings. The van der Waals surface area contributed by atoms with Crippen molar-refractivity contribution in [2.75, 3.05) is 63.3 Å². The van der Waals surface area contributed by atoms with E-state index in [-0.39, 0.29) is 30.4 Å². The third-order valence-electron chi connectivity index (χ3n) is 7.82. The number of piperazine rings is 2. The molecule has 5 rings (SSSR count). The number of aromatic nitrogens is 2. The number of thioether (sulfide) groups is 1. The summed E-state index contributed by atoms with van der Waals surface area (Å²) in [7, 11) is 0. The summed E-state index contributed by atoms with van der Waals surface area (Å²) in [5.41, 5.74) is 1.17. The third kappa shape index (κ3) is 7.75. The SMILES string of the molecule is CCCCCC(=O)N1CCN(c2cc(Cl)nc(SCC(=O)N3CCN(Cc4ccc5c(c4)OCO5)CC3)n2)CC1C. The van der Waals surface area contributed by atoms with Crippen LogP contribution in [0.3, 0.4) is 0 Å². The molecule has 1 unspecified atom stereocenters. The van der Waals surface area contributed by atoms with Crippen molar-refractivity contribution >= 4 is 41.0 Å². The number of benzene rings is 1. The molecule has 0 N–H and O–H groups in total. The molecule has 4 heterocycles. The van der Waals surface area contributed by atoms with Gasteiger partial charge in [-0.25, -0.2) is 9.97 Å². The lowest BCUT2D eigenvalue weighted by atomic mass is 10.1. The summed E-state index contributed by atoms with van der Waals surface area (Å²) in [6.07, 6.45) is 3.75. The average Bonchev–Trinajstić information content (AvgIpc) is 3.44. The minimum atomic E-state index is 0.0756. The molecule has 0 aliphatic carbocycles. The lowest BCUT2D eigenvalue weighted by Crippen LogP contribution is -2.54. The van der Waals surface area contributed by atoms with Crippen molar-refractivity contribution in [1.82, 2.24) is 24.7 Å². The predicted octanol–water partition coefficient (Wildman–Crippen LogP) is 3.91. The maximum Gasteiger partial charge on any atom is 0.233 e. The fraction of sp³-hybridized carbons (Fsp3) is 0.586. The first-order valence-corrected chi connectivity index (χ1v) is 15.9. The van der Waals surface area contributed by atoms with Crippen molar-refractivity contribution in [2.24, 2.45) is 0 Å². The lowest BCUT2D eigenvalue weighted by Gasteiger charge is -2.40. The van der Waals surface area contributed by atoms with Gasteiger partial charge in [-0.15, -0.1) is 0 Å². The van der Waals surface area contributed by atoms with Crippen LogP contribution in [0.4, 0.5) is 5.82 Å². The van der Waals surface area contributed by atoms with Crippen LogP contribution in [0.25, 0.3) is 0 Å². The van der Waals surface area contributed by atoms with Crippen LogP contribution in [-0.2, 0) is 16.1 Å². The Morgan fingerprint density at radius 2 is 1.80 bits per heavy atom. The zero-order valence-electron chi connectivity index (χ0n) is 23.9. The van der Waals surface area contributed by atoms with Gasteiger partial charge in [0, 0.05) is 70.9 Å². The molecule has 0 bridgehead atoms. The second-order valence-corrected chi connectivity index (χ2v) is 12.1. The van der Waals surface area contributed by atoms with E-state index < -0.39 is 0 Å². The number of hydrogen-bond donors (Lipinski definition) is 0. The zero-order chi connectivity index (χ0) is 28.8. The molecule has 0 spiro atoms. The summed E-state index contributed by atoms with van der Waals surface area (Å²) < 4.78 is 10.9. The van der Waals surface area contributed by atoms with Crippen LogP contribution < -0.4 is 14.4 Å². The number of nitrogens with zero attached hydrogens (tertiary/aromatic N) is 6. The number of halogens is 1. The molecule has 2 amide bonds. The van der Waals surface area contributed by atoms with Crippen LogP contribution in [0, 0.1) is 0 Å². The predicted molar refractivity (Wildman–Crippen MR) is 160 cm³/mol. The quantitative estimate of drug-likeness (QED) is 0.174. The number of rotatable bonds is 10. The van der Waals surface area contributed by atoms with Crippen molar-refractivity contribution in [3.05, 3.63) is 35.0 Å². The van der Waals surface area contributed by atoms with E-state index in [9.17, 15) is 9.59 Å². The number of unbranched alkanes of at least 4 members (excludes halogenated alkanes) is 2. The summed E-state index contributed by atoms with van der Waals surface area (Å²) in [5, 5.41) is 0.848. The minimum absolute atomic E-state index is 0.0756. The highest BCUT2D eigenvalue weighted by atomic mass is 35.5. The Kier molecular flexibility index (Phi) is 10.1. The van der Waals surface area contributed by atoms with Gasteiger partial charge < -0.3 is 24.2 Å².